The predicted molar refractivity (Wildman–Crippen MR) is 121 cm³/mol. The molecule has 0 unspecified atom stereocenters. The highest BCUT2D eigenvalue weighted by Crippen LogP contribution is 2.26. The maximum Gasteiger partial charge on any atom is 0.335 e. The van der Waals surface area contributed by atoms with Crippen molar-refractivity contribution in [1.29, 1.82) is 0 Å². The topological polar surface area (TPSA) is 101 Å². The number of imidazole rings is 1. The summed E-state index contributed by atoms with van der Waals surface area (Å²) in [6.07, 6.45) is 3.40. The molecule has 0 saturated carbocycles. The van der Waals surface area contributed by atoms with Gasteiger partial charge in [-0.3, -0.25) is 4.98 Å². The highest BCUT2D eigenvalue weighted by atomic mass is 35.5. The molecular formula is C24H15ClN4O3. The number of nitrogens with zero attached hydrogens (tertiary/aromatic N) is 3. The van der Waals surface area contributed by atoms with Gasteiger partial charge in [0.25, 0.3) is 0 Å². The first-order valence-electron chi connectivity index (χ1n) is 9.64. The summed E-state index contributed by atoms with van der Waals surface area (Å²) in [4.78, 5) is 27.8. The third-order valence-corrected chi connectivity index (χ3v) is 5.05. The number of aromatic nitrogens is 4. The predicted octanol–water partition coefficient (Wildman–Crippen LogP) is 5.83. The first-order chi connectivity index (χ1) is 15.5. The number of H-pyrrole nitrogens is 1. The molecule has 2 aromatic carbocycles. The van der Waals surface area contributed by atoms with Crippen molar-refractivity contribution < 1.29 is 14.6 Å². The average Bonchev–Trinajstić information content (AvgIpc) is 3.23. The van der Waals surface area contributed by atoms with Crippen LogP contribution in [-0.4, -0.2) is 31.0 Å². The Kier molecular flexibility index (Phi) is 5.01. The van der Waals surface area contributed by atoms with Gasteiger partial charge in [0, 0.05) is 34.6 Å². The fourth-order valence-corrected chi connectivity index (χ4v) is 3.39. The lowest BCUT2D eigenvalue weighted by molar-refractivity contribution is 0.0696. The third kappa shape index (κ3) is 4.01. The maximum atomic E-state index is 11.1. The van der Waals surface area contributed by atoms with Crippen LogP contribution >= 0.6 is 11.6 Å². The van der Waals surface area contributed by atoms with Gasteiger partial charge < -0.3 is 14.8 Å². The van der Waals surface area contributed by atoms with Crippen molar-refractivity contribution in [1.82, 2.24) is 19.9 Å². The van der Waals surface area contributed by atoms with Crippen LogP contribution in [0.5, 0.6) is 11.6 Å². The van der Waals surface area contributed by atoms with Crippen LogP contribution < -0.4 is 4.74 Å². The molecule has 0 aliphatic carbocycles. The number of aromatic carboxylic acids is 1. The lowest BCUT2D eigenvalue weighted by atomic mass is 10.1. The number of carboxylic acids is 1. The molecule has 0 amide bonds. The fraction of sp³-hybridized carbons (Fsp3) is 0. The van der Waals surface area contributed by atoms with Gasteiger partial charge in [-0.05, 0) is 54.6 Å². The van der Waals surface area contributed by atoms with Gasteiger partial charge in [-0.2, -0.15) is 0 Å². The molecule has 0 aliphatic heterocycles. The molecule has 32 heavy (non-hydrogen) atoms. The number of pyridine rings is 2. The molecular weight excluding hydrogens is 428 g/mol. The highest BCUT2D eigenvalue weighted by molar-refractivity contribution is 6.31. The summed E-state index contributed by atoms with van der Waals surface area (Å²) in [7, 11) is 0. The second kappa shape index (κ2) is 8.13. The average molecular weight is 443 g/mol. The monoisotopic (exact) mass is 442 g/mol. The first-order valence-corrected chi connectivity index (χ1v) is 10.0. The van der Waals surface area contributed by atoms with E-state index in [1.165, 1.54) is 12.1 Å². The lowest BCUT2D eigenvalue weighted by Crippen LogP contribution is -1.96. The summed E-state index contributed by atoms with van der Waals surface area (Å²) in [6.45, 7) is 0. The zero-order valence-corrected chi connectivity index (χ0v) is 17.2. The molecule has 7 nitrogen and oxygen atoms in total. The van der Waals surface area contributed by atoms with Crippen LogP contribution in [0.1, 0.15) is 10.4 Å². The van der Waals surface area contributed by atoms with Gasteiger partial charge in [-0.25, -0.2) is 14.8 Å². The Hall–Kier alpha value is -4.23. The normalized spacial score (nSPS) is 10.9. The zero-order valence-electron chi connectivity index (χ0n) is 16.5. The van der Waals surface area contributed by atoms with E-state index in [2.05, 4.69) is 19.9 Å². The standard InChI is InChI=1S/C24H15ClN4O3/c25-17-6-8-20-21(11-17)29-23(28-20)16-4-7-19(26-13-16)15-5-9-22(27-12-15)32-18-3-1-2-14(10-18)24(30)31/h1-13H,(H,28,29)(H,30,31). The molecule has 3 heterocycles. The van der Waals surface area contributed by atoms with Crippen molar-refractivity contribution in [3.05, 3.63) is 89.7 Å². The van der Waals surface area contributed by atoms with Gasteiger partial charge in [0.15, 0.2) is 0 Å². The summed E-state index contributed by atoms with van der Waals surface area (Å²) in [6, 6.07) is 19.1. The van der Waals surface area contributed by atoms with Crippen LogP contribution in [0.15, 0.2) is 79.1 Å². The number of rotatable bonds is 5. The summed E-state index contributed by atoms with van der Waals surface area (Å²) in [5.74, 6) is 0.458. The summed E-state index contributed by atoms with van der Waals surface area (Å²) >= 11 is 6.03. The number of benzene rings is 2. The van der Waals surface area contributed by atoms with Crippen molar-refractivity contribution in [2.24, 2.45) is 0 Å². The SMILES string of the molecule is O=C(O)c1cccc(Oc2ccc(-c3ccc(-c4nc5cc(Cl)ccc5[nH]4)cn3)cn2)c1. The number of halogens is 1. The van der Waals surface area contributed by atoms with E-state index in [1.807, 2.05) is 36.4 Å². The van der Waals surface area contributed by atoms with Crippen LogP contribution in [0.2, 0.25) is 5.02 Å². The van der Waals surface area contributed by atoms with Crippen LogP contribution in [-0.2, 0) is 0 Å². The number of fused-ring (bicyclic) bond motifs is 1. The molecule has 5 aromatic rings. The Bertz CT molecular complexity index is 1430. The molecule has 0 atom stereocenters. The van der Waals surface area contributed by atoms with E-state index in [9.17, 15) is 4.79 Å². The number of carboxylic acid groups (broad SMARTS) is 1. The number of aromatic amines is 1. The van der Waals surface area contributed by atoms with E-state index < -0.39 is 5.97 Å². The number of hydrogen-bond donors (Lipinski definition) is 2. The zero-order chi connectivity index (χ0) is 22.1. The minimum absolute atomic E-state index is 0.149. The molecule has 0 radical (unpaired) electrons. The molecule has 3 aromatic heterocycles. The van der Waals surface area contributed by atoms with E-state index in [0.29, 0.717) is 22.5 Å². The summed E-state index contributed by atoms with van der Waals surface area (Å²) in [5, 5.41) is 9.73. The molecule has 0 spiro atoms. The van der Waals surface area contributed by atoms with Gasteiger partial charge >= 0.3 is 5.97 Å². The summed E-state index contributed by atoms with van der Waals surface area (Å²) in [5.41, 5.74) is 4.27. The molecule has 0 bridgehead atoms. The molecule has 0 fully saturated rings. The third-order valence-electron chi connectivity index (χ3n) is 4.82. The van der Waals surface area contributed by atoms with Crippen LogP contribution in [0.4, 0.5) is 0 Å². The van der Waals surface area contributed by atoms with Crippen molar-refractivity contribution in [3.8, 4) is 34.3 Å². The van der Waals surface area contributed by atoms with Crippen molar-refractivity contribution in [2.75, 3.05) is 0 Å². The van der Waals surface area contributed by atoms with Crippen LogP contribution in [0.25, 0.3) is 33.7 Å². The van der Waals surface area contributed by atoms with Crippen molar-refractivity contribution >= 4 is 28.6 Å². The molecule has 5 rings (SSSR count). The molecule has 156 valence electrons. The first kappa shape index (κ1) is 19.7. The maximum absolute atomic E-state index is 11.1. The number of nitrogens with one attached hydrogen (secondary N) is 1. The number of carbonyl (C=O) groups is 1. The Morgan fingerprint density at radius 2 is 1.78 bits per heavy atom. The molecule has 0 aliphatic rings. The van der Waals surface area contributed by atoms with Crippen molar-refractivity contribution in [3.63, 3.8) is 0 Å². The minimum atomic E-state index is -1.01. The van der Waals surface area contributed by atoms with E-state index in [0.717, 1.165) is 27.9 Å². The van der Waals surface area contributed by atoms with E-state index in [1.54, 1.807) is 30.6 Å². The molecule has 0 saturated heterocycles. The number of hydrogen-bond acceptors (Lipinski definition) is 5. The Labute approximate surface area is 187 Å². The van der Waals surface area contributed by atoms with Gasteiger partial charge in [0.2, 0.25) is 5.88 Å². The van der Waals surface area contributed by atoms with Gasteiger partial charge in [-0.15, -0.1) is 0 Å². The second-order valence-electron chi connectivity index (χ2n) is 7.00. The molecule has 2 N–H and O–H groups in total. The Morgan fingerprint density at radius 1 is 0.938 bits per heavy atom. The van der Waals surface area contributed by atoms with Crippen molar-refractivity contribution in [2.45, 2.75) is 0 Å². The quantitative estimate of drug-likeness (QED) is 0.355. The summed E-state index contributed by atoms with van der Waals surface area (Å²) < 4.78 is 5.66. The number of ether oxygens (including phenoxy) is 1. The Morgan fingerprint density at radius 3 is 2.53 bits per heavy atom. The second-order valence-corrected chi connectivity index (χ2v) is 7.44. The largest absolute Gasteiger partial charge is 0.478 e. The highest BCUT2D eigenvalue weighted by Gasteiger charge is 2.09. The van der Waals surface area contributed by atoms with Gasteiger partial charge in [0.1, 0.15) is 11.6 Å². The van der Waals surface area contributed by atoms with Gasteiger partial charge in [-0.1, -0.05) is 17.7 Å². The Balaban J connectivity index is 1.34. The van der Waals surface area contributed by atoms with E-state index in [-0.39, 0.29) is 5.56 Å². The fourth-order valence-electron chi connectivity index (χ4n) is 3.23. The van der Waals surface area contributed by atoms with E-state index in [4.69, 9.17) is 21.4 Å². The van der Waals surface area contributed by atoms with Crippen LogP contribution in [0, 0.1) is 0 Å². The molecule has 8 heteroatoms. The van der Waals surface area contributed by atoms with Crippen LogP contribution in [0.3, 0.4) is 0 Å². The lowest BCUT2D eigenvalue weighted by Gasteiger charge is -2.07. The van der Waals surface area contributed by atoms with Gasteiger partial charge in [0.05, 0.1) is 22.3 Å². The van der Waals surface area contributed by atoms with E-state index >= 15 is 0 Å². The smallest absolute Gasteiger partial charge is 0.335 e. The minimum Gasteiger partial charge on any atom is -0.478 e.